The number of likely N-dealkylation sites (tertiary alicyclic amines) is 2. The van der Waals surface area contributed by atoms with E-state index < -0.39 is 17.5 Å². The number of ether oxygens (including phenoxy) is 1. The SMILES string of the molecule is CC(=O)COC(=O)N1CCC(N2CCC(c3nc(-n4nc(C(C)(C)O)c5cccc(F)c54)no3)CC2)CC1. The molecule has 12 heteroatoms. The van der Waals surface area contributed by atoms with Gasteiger partial charge in [0.2, 0.25) is 5.89 Å². The number of fused-ring (bicyclic) bond motifs is 1. The highest BCUT2D eigenvalue weighted by atomic mass is 19.1. The Bertz CT molecular complexity index is 1320. The Morgan fingerprint density at radius 2 is 1.87 bits per heavy atom. The predicted octanol–water partition coefficient (Wildman–Crippen LogP) is 3.14. The highest BCUT2D eigenvalue weighted by Crippen LogP contribution is 2.33. The maximum Gasteiger partial charge on any atom is 0.410 e. The standard InChI is InChI=1S/C26H33FN6O5/c1-16(34)15-37-25(35)32-13-9-18(10-14-32)31-11-7-17(8-12-31)23-28-24(30-38-23)33-21-19(5-4-6-20(21)27)22(29-33)26(2,3)36/h4-6,17-18,36H,7-15H2,1-3H3. The Labute approximate surface area is 219 Å². The summed E-state index contributed by atoms with van der Waals surface area (Å²) >= 11 is 0. The molecule has 0 bridgehead atoms. The number of amides is 1. The molecule has 1 N–H and O–H groups in total. The van der Waals surface area contributed by atoms with Crippen LogP contribution in [0.25, 0.3) is 16.9 Å². The molecule has 38 heavy (non-hydrogen) atoms. The fourth-order valence-electron chi connectivity index (χ4n) is 5.38. The summed E-state index contributed by atoms with van der Waals surface area (Å²) in [5.74, 6) is 0.0518. The maximum absolute atomic E-state index is 14.8. The Balaban J connectivity index is 1.21. The van der Waals surface area contributed by atoms with E-state index in [2.05, 4.69) is 20.1 Å². The first-order valence-electron chi connectivity index (χ1n) is 13.0. The molecule has 3 aromatic rings. The molecule has 2 saturated heterocycles. The quantitative estimate of drug-likeness (QED) is 0.513. The van der Waals surface area contributed by atoms with E-state index in [0.29, 0.717) is 36.1 Å². The van der Waals surface area contributed by atoms with E-state index in [1.165, 1.54) is 17.7 Å². The van der Waals surface area contributed by atoms with Gasteiger partial charge in [0.1, 0.15) is 22.6 Å². The monoisotopic (exact) mass is 528 g/mol. The summed E-state index contributed by atoms with van der Waals surface area (Å²) in [6.45, 7) is 7.35. The first kappa shape index (κ1) is 26.2. The molecule has 11 nitrogen and oxygen atoms in total. The van der Waals surface area contributed by atoms with Gasteiger partial charge in [-0.3, -0.25) is 4.79 Å². The lowest BCUT2D eigenvalue weighted by atomic mass is 9.93. The number of para-hydroxylation sites is 1. The summed E-state index contributed by atoms with van der Waals surface area (Å²) < 4.78 is 26.7. The van der Waals surface area contributed by atoms with Crippen LogP contribution in [0, 0.1) is 5.82 Å². The van der Waals surface area contributed by atoms with E-state index in [0.717, 1.165) is 38.8 Å². The van der Waals surface area contributed by atoms with Crippen LogP contribution in [0.1, 0.15) is 64.0 Å². The van der Waals surface area contributed by atoms with Crippen LogP contribution in [0.4, 0.5) is 9.18 Å². The normalized spacial score (nSPS) is 18.3. The number of aromatic nitrogens is 4. The largest absolute Gasteiger partial charge is 0.441 e. The third-order valence-corrected chi connectivity index (χ3v) is 7.37. The summed E-state index contributed by atoms with van der Waals surface area (Å²) in [5, 5.41) is 19.6. The molecule has 2 aliphatic heterocycles. The molecule has 0 saturated carbocycles. The smallest absolute Gasteiger partial charge is 0.410 e. The maximum atomic E-state index is 14.8. The van der Waals surface area contributed by atoms with Crippen molar-refractivity contribution in [2.24, 2.45) is 0 Å². The molecule has 204 valence electrons. The van der Waals surface area contributed by atoms with Gasteiger partial charge >= 0.3 is 6.09 Å². The number of Topliss-reactive ketones (excluding diaryl/α,β-unsaturated/α-hetero) is 1. The molecule has 2 aliphatic rings. The van der Waals surface area contributed by atoms with Crippen molar-refractivity contribution in [2.75, 3.05) is 32.8 Å². The van der Waals surface area contributed by atoms with E-state index in [-0.39, 0.29) is 29.8 Å². The predicted molar refractivity (Wildman–Crippen MR) is 134 cm³/mol. The molecule has 2 fully saturated rings. The van der Waals surface area contributed by atoms with Gasteiger partial charge in [-0.1, -0.05) is 12.1 Å². The van der Waals surface area contributed by atoms with Crippen LogP contribution in [-0.4, -0.2) is 85.5 Å². The second-order valence-electron chi connectivity index (χ2n) is 10.7. The van der Waals surface area contributed by atoms with Gasteiger partial charge in [-0.25, -0.2) is 9.18 Å². The van der Waals surface area contributed by atoms with Gasteiger partial charge in [-0.15, -0.1) is 0 Å². The van der Waals surface area contributed by atoms with Crippen LogP contribution in [-0.2, 0) is 15.1 Å². The minimum Gasteiger partial charge on any atom is -0.441 e. The van der Waals surface area contributed by atoms with Crippen molar-refractivity contribution in [2.45, 2.75) is 64.0 Å². The Morgan fingerprint density at radius 3 is 2.53 bits per heavy atom. The lowest BCUT2D eigenvalue weighted by Crippen LogP contribution is -2.49. The molecule has 5 rings (SSSR count). The number of halogens is 1. The van der Waals surface area contributed by atoms with Gasteiger partial charge in [0.25, 0.3) is 5.95 Å². The van der Waals surface area contributed by atoms with E-state index >= 15 is 0 Å². The topological polar surface area (TPSA) is 127 Å². The van der Waals surface area contributed by atoms with Crippen LogP contribution in [0.2, 0.25) is 0 Å². The van der Waals surface area contributed by atoms with Gasteiger partial charge in [0.05, 0.1) is 0 Å². The average molecular weight is 529 g/mol. The molecule has 2 aromatic heterocycles. The Hall–Kier alpha value is -3.38. The van der Waals surface area contributed by atoms with Gasteiger partial charge in [0, 0.05) is 30.4 Å². The van der Waals surface area contributed by atoms with Crippen molar-refractivity contribution in [1.29, 1.82) is 0 Å². The van der Waals surface area contributed by atoms with E-state index in [1.54, 1.807) is 30.9 Å². The van der Waals surface area contributed by atoms with Crippen LogP contribution in [0.3, 0.4) is 0 Å². The highest BCUT2D eigenvalue weighted by Gasteiger charge is 2.33. The number of carbonyl (C=O) groups excluding carboxylic acids is 2. The minimum atomic E-state index is -1.28. The van der Waals surface area contributed by atoms with Crippen molar-refractivity contribution in [3.05, 3.63) is 35.6 Å². The zero-order valence-corrected chi connectivity index (χ0v) is 21.9. The summed E-state index contributed by atoms with van der Waals surface area (Å²) in [5.41, 5.74) is -0.741. The number of hydrogen-bond acceptors (Lipinski definition) is 9. The number of aliphatic hydroxyl groups is 1. The van der Waals surface area contributed by atoms with Crippen molar-refractivity contribution < 1.29 is 28.3 Å². The minimum absolute atomic E-state index is 0.0783. The molecule has 0 spiro atoms. The number of rotatable bonds is 6. The summed E-state index contributed by atoms with van der Waals surface area (Å²) in [4.78, 5) is 31.8. The first-order valence-corrected chi connectivity index (χ1v) is 13.0. The van der Waals surface area contributed by atoms with Crippen LogP contribution in [0.15, 0.2) is 22.7 Å². The van der Waals surface area contributed by atoms with E-state index in [1.807, 2.05) is 0 Å². The van der Waals surface area contributed by atoms with Gasteiger partial charge in [-0.05, 0) is 70.8 Å². The van der Waals surface area contributed by atoms with Crippen LogP contribution >= 0.6 is 0 Å². The summed E-state index contributed by atoms with van der Waals surface area (Å²) in [6, 6.07) is 5.01. The van der Waals surface area contributed by atoms with E-state index in [9.17, 15) is 19.1 Å². The van der Waals surface area contributed by atoms with Gasteiger partial charge in [-0.2, -0.15) is 14.8 Å². The number of benzene rings is 1. The third kappa shape index (κ3) is 5.28. The Kier molecular flexibility index (Phi) is 7.19. The molecule has 0 radical (unpaired) electrons. The molecule has 1 amide bonds. The van der Waals surface area contributed by atoms with Crippen LogP contribution < -0.4 is 0 Å². The first-order chi connectivity index (χ1) is 18.1. The molecule has 4 heterocycles. The molecule has 1 aromatic carbocycles. The number of ketones is 1. The number of nitrogens with zero attached hydrogens (tertiary/aromatic N) is 6. The number of carbonyl (C=O) groups is 2. The fraction of sp³-hybridized carbons (Fsp3) is 0.577. The van der Waals surface area contributed by atoms with Gasteiger partial charge < -0.3 is 24.2 Å². The summed E-state index contributed by atoms with van der Waals surface area (Å²) in [7, 11) is 0. The zero-order valence-electron chi connectivity index (χ0n) is 21.9. The van der Waals surface area contributed by atoms with Gasteiger partial charge in [0.15, 0.2) is 12.4 Å². The molecule has 0 aliphatic carbocycles. The second-order valence-corrected chi connectivity index (χ2v) is 10.7. The van der Waals surface area contributed by atoms with E-state index in [4.69, 9.17) is 9.26 Å². The lowest BCUT2D eigenvalue weighted by Gasteiger charge is -2.41. The Morgan fingerprint density at radius 1 is 1.16 bits per heavy atom. The van der Waals surface area contributed by atoms with Crippen molar-refractivity contribution in [3.8, 4) is 5.95 Å². The van der Waals surface area contributed by atoms with Crippen molar-refractivity contribution >= 4 is 22.8 Å². The van der Waals surface area contributed by atoms with Crippen molar-refractivity contribution in [3.63, 3.8) is 0 Å². The lowest BCUT2D eigenvalue weighted by molar-refractivity contribution is -0.120. The number of piperidine rings is 2. The van der Waals surface area contributed by atoms with Crippen molar-refractivity contribution in [1.82, 2.24) is 29.7 Å². The third-order valence-electron chi connectivity index (χ3n) is 7.37. The zero-order chi connectivity index (χ0) is 27.0. The highest BCUT2D eigenvalue weighted by molar-refractivity contribution is 5.84. The fourth-order valence-corrected chi connectivity index (χ4v) is 5.38. The summed E-state index contributed by atoms with van der Waals surface area (Å²) in [6.07, 6.45) is 2.96. The van der Waals surface area contributed by atoms with Crippen LogP contribution in [0.5, 0.6) is 0 Å². The average Bonchev–Trinajstić information content (AvgIpc) is 3.53. The molecular weight excluding hydrogens is 495 g/mol. The molecule has 0 atom stereocenters. The molecular formula is C26H33FN6O5. The molecule has 0 unspecified atom stereocenters. The second kappa shape index (κ2) is 10.4. The number of hydrogen-bond donors (Lipinski definition) is 1.